The smallest absolute Gasteiger partial charge is 0.228 e. The second-order valence-corrected chi connectivity index (χ2v) is 6.31. The third-order valence-electron chi connectivity index (χ3n) is 4.78. The van der Waals surface area contributed by atoms with Gasteiger partial charge in [-0.2, -0.15) is 4.98 Å². The predicted octanol–water partition coefficient (Wildman–Crippen LogP) is 1.39. The summed E-state index contributed by atoms with van der Waals surface area (Å²) in [6.07, 6.45) is 6.07. The molecule has 0 amide bonds. The predicted molar refractivity (Wildman–Crippen MR) is 79.0 cm³/mol. The fourth-order valence-electron chi connectivity index (χ4n) is 3.47. The summed E-state index contributed by atoms with van der Waals surface area (Å²) in [7, 11) is 4.12. The van der Waals surface area contributed by atoms with Gasteiger partial charge in [-0.05, 0) is 32.9 Å². The quantitative estimate of drug-likeness (QED) is 0.885. The van der Waals surface area contributed by atoms with E-state index in [-0.39, 0.29) is 6.10 Å². The zero-order chi connectivity index (χ0) is 14.7. The van der Waals surface area contributed by atoms with E-state index in [1.54, 1.807) is 0 Å². The van der Waals surface area contributed by atoms with Crippen molar-refractivity contribution in [1.29, 1.82) is 0 Å². The normalized spacial score (nSPS) is 26.3. The molecule has 6 nitrogen and oxygen atoms in total. The monoisotopic (exact) mass is 294 g/mol. The molecule has 0 bridgehead atoms. The Hall–Kier alpha value is -0.980. The first-order valence-corrected chi connectivity index (χ1v) is 8.06. The fourth-order valence-corrected chi connectivity index (χ4v) is 3.47. The number of ether oxygens (including phenoxy) is 1. The molecule has 2 aliphatic rings. The Balaban J connectivity index is 1.61. The molecule has 2 atom stereocenters. The third kappa shape index (κ3) is 3.62. The van der Waals surface area contributed by atoms with E-state index in [9.17, 15) is 0 Å². The maximum absolute atomic E-state index is 5.74. The Kier molecular flexibility index (Phi) is 4.87. The van der Waals surface area contributed by atoms with Crippen LogP contribution in [-0.4, -0.2) is 54.9 Å². The Morgan fingerprint density at radius 1 is 1.38 bits per heavy atom. The molecule has 21 heavy (non-hydrogen) atoms. The molecule has 3 rings (SSSR count). The van der Waals surface area contributed by atoms with E-state index in [0.717, 1.165) is 37.9 Å². The lowest BCUT2D eigenvalue weighted by Crippen LogP contribution is -2.36. The average Bonchev–Trinajstić information content (AvgIpc) is 3.16. The highest BCUT2D eigenvalue weighted by Crippen LogP contribution is 2.29. The lowest BCUT2D eigenvalue weighted by Gasteiger charge is -2.27. The largest absolute Gasteiger partial charge is 0.367 e. The van der Waals surface area contributed by atoms with Gasteiger partial charge in [0.25, 0.3) is 0 Å². The molecule has 0 radical (unpaired) electrons. The standard InChI is InChI=1S/C15H26N4O2/c1-16-12(11-5-3-4-6-11)9-14-17-15(18-21-14)13-10-19(2)7-8-20-13/h11-13,16H,3-10H2,1-2H3. The minimum Gasteiger partial charge on any atom is -0.367 e. The number of hydrogen-bond acceptors (Lipinski definition) is 6. The molecule has 1 aliphatic heterocycles. The molecular weight excluding hydrogens is 268 g/mol. The highest BCUT2D eigenvalue weighted by Gasteiger charge is 2.28. The number of nitrogens with zero attached hydrogens (tertiary/aromatic N) is 3. The molecule has 1 aliphatic carbocycles. The van der Waals surface area contributed by atoms with E-state index in [1.807, 2.05) is 7.05 Å². The molecule has 2 unspecified atom stereocenters. The van der Waals surface area contributed by atoms with Gasteiger partial charge in [-0.1, -0.05) is 18.0 Å². The molecule has 0 aromatic carbocycles. The van der Waals surface area contributed by atoms with Gasteiger partial charge in [0.2, 0.25) is 11.7 Å². The molecule has 2 heterocycles. The summed E-state index contributed by atoms with van der Waals surface area (Å²) in [5, 5.41) is 7.54. The highest BCUT2D eigenvalue weighted by molar-refractivity contribution is 4.96. The first-order valence-electron chi connectivity index (χ1n) is 8.06. The summed E-state index contributed by atoms with van der Waals surface area (Å²) in [6.45, 7) is 2.52. The summed E-state index contributed by atoms with van der Waals surface area (Å²) in [5.41, 5.74) is 0. The maximum Gasteiger partial charge on any atom is 0.228 e. The van der Waals surface area contributed by atoms with Crippen molar-refractivity contribution < 1.29 is 9.26 Å². The second-order valence-electron chi connectivity index (χ2n) is 6.31. The second kappa shape index (κ2) is 6.85. The summed E-state index contributed by atoms with van der Waals surface area (Å²) >= 11 is 0. The van der Waals surface area contributed by atoms with Crippen LogP contribution in [0.3, 0.4) is 0 Å². The summed E-state index contributed by atoms with van der Waals surface area (Å²) < 4.78 is 11.2. The minimum atomic E-state index is -0.0548. The number of hydrogen-bond donors (Lipinski definition) is 1. The lowest BCUT2D eigenvalue weighted by atomic mass is 9.95. The molecule has 1 saturated heterocycles. The number of aromatic nitrogens is 2. The van der Waals surface area contributed by atoms with Crippen molar-refractivity contribution in [2.45, 2.75) is 44.2 Å². The Morgan fingerprint density at radius 2 is 2.19 bits per heavy atom. The minimum absolute atomic E-state index is 0.0548. The van der Waals surface area contributed by atoms with Crippen molar-refractivity contribution in [2.75, 3.05) is 33.8 Å². The van der Waals surface area contributed by atoms with Gasteiger partial charge < -0.3 is 19.5 Å². The Labute approximate surface area is 126 Å². The molecular formula is C15H26N4O2. The average molecular weight is 294 g/mol. The van der Waals surface area contributed by atoms with Gasteiger partial charge in [-0.15, -0.1) is 0 Å². The summed E-state index contributed by atoms with van der Waals surface area (Å²) in [6, 6.07) is 0.441. The van der Waals surface area contributed by atoms with Crippen LogP contribution in [0.25, 0.3) is 0 Å². The Bertz CT molecular complexity index is 445. The molecule has 1 aromatic rings. The number of nitrogens with one attached hydrogen (secondary N) is 1. The van der Waals surface area contributed by atoms with Crippen molar-refractivity contribution in [2.24, 2.45) is 5.92 Å². The molecule has 1 N–H and O–H groups in total. The van der Waals surface area contributed by atoms with Crippen molar-refractivity contribution >= 4 is 0 Å². The van der Waals surface area contributed by atoms with Crippen LogP contribution in [0.4, 0.5) is 0 Å². The van der Waals surface area contributed by atoms with Gasteiger partial charge >= 0.3 is 0 Å². The van der Waals surface area contributed by atoms with Crippen molar-refractivity contribution in [3.63, 3.8) is 0 Å². The molecule has 6 heteroatoms. The van der Waals surface area contributed by atoms with E-state index in [4.69, 9.17) is 9.26 Å². The van der Waals surface area contributed by atoms with Crippen LogP contribution >= 0.6 is 0 Å². The highest BCUT2D eigenvalue weighted by atomic mass is 16.5. The molecule has 1 saturated carbocycles. The molecule has 0 spiro atoms. The zero-order valence-electron chi connectivity index (χ0n) is 13.0. The van der Waals surface area contributed by atoms with Gasteiger partial charge in [-0.25, -0.2) is 0 Å². The van der Waals surface area contributed by atoms with Crippen LogP contribution < -0.4 is 5.32 Å². The van der Waals surface area contributed by atoms with Gasteiger partial charge in [0.15, 0.2) is 0 Å². The van der Waals surface area contributed by atoms with Crippen molar-refractivity contribution in [3.05, 3.63) is 11.7 Å². The number of morpholine rings is 1. The summed E-state index contributed by atoms with van der Waals surface area (Å²) in [5.74, 6) is 2.16. The van der Waals surface area contributed by atoms with Gasteiger partial charge in [0, 0.05) is 25.6 Å². The summed E-state index contributed by atoms with van der Waals surface area (Å²) in [4.78, 5) is 6.79. The fraction of sp³-hybridized carbons (Fsp3) is 0.867. The van der Waals surface area contributed by atoms with Crippen LogP contribution in [0.1, 0.15) is 43.5 Å². The SMILES string of the molecule is CNC(Cc1nc(C2CN(C)CCO2)no1)C1CCCC1. The maximum atomic E-state index is 5.74. The van der Waals surface area contributed by atoms with E-state index in [2.05, 4.69) is 27.4 Å². The van der Waals surface area contributed by atoms with Crippen LogP contribution in [0.5, 0.6) is 0 Å². The molecule has 1 aromatic heterocycles. The molecule has 118 valence electrons. The van der Waals surface area contributed by atoms with E-state index in [0.29, 0.717) is 11.9 Å². The van der Waals surface area contributed by atoms with Crippen molar-refractivity contribution in [3.8, 4) is 0 Å². The zero-order valence-corrected chi connectivity index (χ0v) is 13.0. The van der Waals surface area contributed by atoms with Crippen LogP contribution in [0, 0.1) is 5.92 Å². The van der Waals surface area contributed by atoms with E-state index in [1.165, 1.54) is 25.7 Å². The number of rotatable bonds is 5. The van der Waals surface area contributed by atoms with Gasteiger partial charge in [-0.3, -0.25) is 0 Å². The topological polar surface area (TPSA) is 63.4 Å². The lowest BCUT2D eigenvalue weighted by molar-refractivity contribution is -0.0264. The van der Waals surface area contributed by atoms with Crippen LogP contribution in [-0.2, 0) is 11.2 Å². The number of likely N-dealkylation sites (N-methyl/N-ethyl adjacent to an activating group) is 2. The Morgan fingerprint density at radius 3 is 2.90 bits per heavy atom. The molecule has 2 fully saturated rings. The van der Waals surface area contributed by atoms with Crippen LogP contribution in [0.15, 0.2) is 4.52 Å². The first kappa shape index (κ1) is 14.9. The van der Waals surface area contributed by atoms with Gasteiger partial charge in [0.1, 0.15) is 6.10 Å². The van der Waals surface area contributed by atoms with E-state index < -0.39 is 0 Å². The van der Waals surface area contributed by atoms with Gasteiger partial charge in [0.05, 0.1) is 6.61 Å². The first-order chi connectivity index (χ1) is 10.3. The van der Waals surface area contributed by atoms with E-state index >= 15 is 0 Å². The third-order valence-corrected chi connectivity index (χ3v) is 4.78. The van der Waals surface area contributed by atoms with Crippen molar-refractivity contribution in [1.82, 2.24) is 20.4 Å². The van der Waals surface area contributed by atoms with Crippen LogP contribution in [0.2, 0.25) is 0 Å².